The maximum absolute atomic E-state index is 12.4. The van der Waals surface area contributed by atoms with Gasteiger partial charge in [-0.3, -0.25) is 9.59 Å². The minimum absolute atomic E-state index is 0.178. The fraction of sp³-hybridized carbons (Fsp3) is 0.588. The van der Waals surface area contributed by atoms with Crippen LogP contribution in [0.4, 0.5) is 0 Å². The number of H-pyrrole nitrogens is 1. The van der Waals surface area contributed by atoms with Crippen LogP contribution in [0, 0.1) is 11.8 Å². The highest BCUT2D eigenvalue weighted by atomic mass is 16.5. The van der Waals surface area contributed by atoms with E-state index >= 15 is 0 Å². The number of pyridine rings is 1. The molecule has 1 fully saturated rings. The topological polar surface area (TPSA) is 108 Å². The van der Waals surface area contributed by atoms with Crippen molar-refractivity contribution in [2.45, 2.75) is 39.2 Å². The molecular formula is C17H24N2O5. The molecule has 24 heavy (non-hydrogen) atoms. The molecule has 0 aromatic carbocycles. The molecule has 0 bridgehead atoms. The quantitative estimate of drug-likeness (QED) is 0.723. The number of ether oxygens (including phenoxy) is 1. The molecule has 7 nitrogen and oxygen atoms in total. The molecule has 0 aliphatic carbocycles. The number of aliphatic carboxylic acids is 1. The van der Waals surface area contributed by atoms with E-state index in [9.17, 15) is 19.5 Å². The first-order valence-electron chi connectivity index (χ1n) is 8.21. The fourth-order valence-electron chi connectivity index (χ4n) is 2.92. The lowest BCUT2D eigenvalue weighted by Crippen LogP contribution is -2.48. The minimum Gasteiger partial charge on any atom is -0.480 e. The van der Waals surface area contributed by atoms with Crippen LogP contribution in [-0.4, -0.2) is 41.2 Å². The summed E-state index contributed by atoms with van der Waals surface area (Å²) in [6.07, 6.45) is 2.09. The zero-order valence-electron chi connectivity index (χ0n) is 14.0. The van der Waals surface area contributed by atoms with Gasteiger partial charge in [0.05, 0.1) is 6.61 Å². The van der Waals surface area contributed by atoms with Gasteiger partial charge < -0.3 is 20.1 Å². The molecule has 0 unspecified atom stereocenters. The van der Waals surface area contributed by atoms with E-state index in [2.05, 4.69) is 10.3 Å². The molecule has 1 aliphatic rings. The van der Waals surface area contributed by atoms with Crippen LogP contribution in [0.2, 0.25) is 0 Å². The van der Waals surface area contributed by atoms with E-state index in [-0.39, 0.29) is 17.0 Å². The smallest absolute Gasteiger partial charge is 0.326 e. The Morgan fingerprint density at radius 1 is 1.42 bits per heavy atom. The van der Waals surface area contributed by atoms with E-state index in [0.717, 1.165) is 6.42 Å². The zero-order chi connectivity index (χ0) is 17.7. The van der Waals surface area contributed by atoms with Crippen molar-refractivity contribution in [1.29, 1.82) is 0 Å². The average molecular weight is 336 g/mol. The van der Waals surface area contributed by atoms with Crippen LogP contribution in [0.1, 0.15) is 42.7 Å². The van der Waals surface area contributed by atoms with E-state index in [1.54, 1.807) is 6.07 Å². The van der Waals surface area contributed by atoms with Crippen molar-refractivity contribution in [3.63, 3.8) is 0 Å². The Morgan fingerprint density at radius 2 is 2.17 bits per heavy atom. The Kier molecular flexibility index (Phi) is 6.14. The second kappa shape index (κ2) is 8.10. The van der Waals surface area contributed by atoms with Crippen LogP contribution in [0.5, 0.6) is 0 Å². The van der Waals surface area contributed by atoms with Crippen molar-refractivity contribution < 1.29 is 19.4 Å². The van der Waals surface area contributed by atoms with Gasteiger partial charge in [0.2, 0.25) is 5.56 Å². The van der Waals surface area contributed by atoms with Crippen LogP contribution >= 0.6 is 0 Å². The van der Waals surface area contributed by atoms with E-state index in [1.807, 2.05) is 13.8 Å². The molecule has 0 saturated carbocycles. The molecule has 1 aromatic rings. The van der Waals surface area contributed by atoms with Gasteiger partial charge in [0.1, 0.15) is 6.04 Å². The number of nitrogens with one attached hydrogen (secondary N) is 2. The third-order valence-corrected chi connectivity index (χ3v) is 4.01. The first-order valence-corrected chi connectivity index (χ1v) is 8.21. The van der Waals surface area contributed by atoms with Crippen molar-refractivity contribution in [3.05, 3.63) is 33.7 Å². The molecule has 2 heterocycles. The summed E-state index contributed by atoms with van der Waals surface area (Å²) in [4.78, 5) is 38.4. The summed E-state index contributed by atoms with van der Waals surface area (Å²) >= 11 is 0. The van der Waals surface area contributed by atoms with Gasteiger partial charge in [0.15, 0.2) is 0 Å². The number of carbonyl (C=O) groups is 2. The predicted octanol–water partition coefficient (Wildman–Crippen LogP) is 1.18. The molecule has 2 rings (SSSR count). The van der Waals surface area contributed by atoms with Gasteiger partial charge in [-0.25, -0.2) is 4.79 Å². The van der Waals surface area contributed by atoms with E-state index in [4.69, 9.17) is 4.74 Å². The Labute approximate surface area is 140 Å². The van der Waals surface area contributed by atoms with E-state index in [1.165, 1.54) is 6.07 Å². The number of aromatic nitrogens is 1. The summed E-state index contributed by atoms with van der Waals surface area (Å²) in [7, 11) is 0. The molecule has 0 radical (unpaired) electrons. The number of amides is 1. The van der Waals surface area contributed by atoms with Gasteiger partial charge in [0.25, 0.3) is 5.91 Å². The lowest BCUT2D eigenvalue weighted by Gasteiger charge is -2.28. The molecule has 2 atom stereocenters. The van der Waals surface area contributed by atoms with Crippen molar-refractivity contribution in [2.24, 2.45) is 11.8 Å². The monoisotopic (exact) mass is 336 g/mol. The zero-order valence-corrected chi connectivity index (χ0v) is 14.0. The van der Waals surface area contributed by atoms with Crippen molar-refractivity contribution in [1.82, 2.24) is 10.3 Å². The van der Waals surface area contributed by atoms with Crippen molar-refractivity contribution in [3.8, 4) is 0 Å². The minimum atomic E-state index is -1.09. The molecule has 1 saturated heterocycles. The number of rotatable bonds is 6. The Balaban J connectivity index is 2.16. The number of carboxylic acids is 1. The van der Waals surface area contributed by atoms with Gasteiger partial charge in [0, 0.05) is 29.8 Å². The Hall–Kier alpha value is -2.15. The summed E-state index contributed by atoms with van der Waals surface area (Å²) in [6.45, 7) is 4.94. The lowest BCUT2D eigenvalue weighted by atomic mass is 9.93. The summed E-state index contributed by atoms with van der Waals surface area (Å²) < 4.78 is 5.31. The number of carbonyl (C=O) groups excluding carboxylic acids is 1. The average Bonchev–Trinajstić information content (AvgIpc) is 2.51. The largest absolute Gasteiger partial charge is 0.480 e. The third-order valence-electron chi connectivity index (χ3n) is 4.01. The highest BCUT2D eigenvalue weighted by Crippen LogP contribution is 2.18. The number of hydrogen-bond acceptors (Lipinski definition) is 4. The van der Waals surface area contributed by atoms with Crippen LogP contribution < -0.4 is 10.9 Å². The summed E-state index contributed by atoms with van der Waals surface area (Å²) in [5.41, 5.74) is 0.471. The van der Waals surface area contributed by atoms with Gasteiger partial charge in [-0.2, -0.15) is 0 Å². The number of carboxylic acid groups (broad SMARTS) is 1. The molecule has 7 heteroatoms. The highest BCUT2D eigenvalue weighted by molar-refractivity contribution is 5.96. The number of hydrogen-bond donors (Lipinski definition) is 3. The van der Waals surface area contributed by atoms with Crippen LogP contribution in [0.25, 0.3) is 0 Å². The molecule has 1 amide bonds. The standard InChI is InChI=1S/C17H24N2O5/c1-10(2)6-13-7-12(8-14(20)18-13)16(21)19-15(17(22)23)11-4-3-5-24-9-11/h7-8,10-11,15H,3-6,9H2,1-2H3,(H,18,20)(H,19,21)(H,22,23)/t11-,15+/m0/s1. The molecule has 1 aliphatic heterocycles. The number of aromatic amines is 1. The SMILES string of the molecule is CC(C)Cc1cc(C(=O)N[C@@H](C(=O)O)[C@H]2CCCOC2)cc(=O)[nH]1. The second-order valence-electron chi connectivity index (χ2n) is 6.62. The molecule has 0 spiro atoms. The Bertz CT molecular complexity index is 647. The summed E-state index contributed by atoms with van der Waals surface area (Å²) in [5, 5.41) is 12.0. The first kappa shape index (κ1) is 18.2. The molecule has 1 aromatic heterocycles. The van der Waals surface area contributed by atoms with Gasteiger partial charge >= 0.3 is 5.97 Å². The highest BCUT2D eigenvalue weighted by Gasteiger charge is 2.31. The van der Waals surface area contributed by atoms with Crippen LogP contribution in [-0.2, 0) is 16.0 Å². The van der Waals surface area contributed by atoms with Gasteiger partial charge in [-0.1, -0.05) is 13.8 Å². The third kappa shape index (κ3) is 4.92. The molecular weight excluding hydrogens is 312 g/mol. The lowest BCUT2D eigenvalue weighted by molar-refractivity contribution is -0.142. The van der Waals surface area contributed by atoms with Gasteiger partial charge in [-0.15, -0.1) is 0 Å². The maximum atomic E-state index is 12.4. The normalized spacial score (nSPS) is 19.0. The fourth-order valence-corrected chi connectivity index (χ4v) is 2.92. The summed E-state index contributed by atoms with van der Waals surface area (Å²) in [6, 6.07) is 1.77. The van der Waals surface area contributed by atoms with E-state index in [0.29, 0.717) is 37.7 Å². The maximum Gasteiger partial charge on any atom is 0.326 e. The second-order valence-corrected chi connectivity index (χ2v) is 6.62. The van der Waals surface area contributed by atoms with E-state index < -0.39 is 17.9 Å². The first-order chi connectivity index (χ1) is 11.4. The van der Waals surface area contributed by atoms with Crippen molar-refractivity contribution >= 4 is 11.9 Å². The van der Waals surface area contributed by atoms with Crippen LogP contribution in [0.15, 0.2) is 16.9 Å². The van der Waals surface area contributed by atoms with Gasteiger partial charge in [-0.05, 0) is 31.2 Å². The predicted molar refractivity (Wildman–Crippen MR) is 88.0 cm³/mol. The van der Waals surface area contributed by atoms with Crippen molar-refractivity contribution in [2.75, 3.05) is 13.2 Å². The summed E-state index contributed by atoms with van der Waals surface area (Å²) in [5.74, 6) is -1.59. The molecule has 132 valence electrons. The Morgan fingerprint density at radius 3 is 2.75 bits per heavy atom. The molecule has 3 N–H and O–H groups in total. The van der Waals surface area contributed by atoms with Crippen LogP contribution in [0.3, 0.4) is 0 Å².